The van der Waals surface area contributed by atoms with Gasteiger partial charge in [0.1, 0.15) is 11.3 Å². The van der Waals surface area contributed by atoms with Crippen molar-refractivity contribution in [2.75, 3.05) is 0 Å². The van der Waals surface area contributed by atoms with Crippen LogP contribution < -0.4 is 0 Å². The maximum atomic E-state index is 10.5. The minimum Gasteiger partial charge on any atom is -0.456 e. The highest BCUT2D eigenvalue weighted by molar-refractivity contribution is 5.97. The van der Waals surface area contributed by atoms with Crippen LogP contribution in [0.15, 0.2) is 53.0 Å². The number of para-hydroxylation sites is 1. The van der Waals surface area contributed by atoms with E-state index in [9.17, 15) is 5.11 Å². The van der Waals surface area contributed by atoms with Crippen LogP contribution in [0.1, 0.15) is 37.2 Å². The van der Waals surface area contributed by atoms with Crippen LogP contribution >= 0.6 is 0 Å². The summed E-state index contributed by atoms with van der Waals surface area (Å²) in [5, 5.41) is 11.7. The molecule has 1 aliphatic carbocycles. The van der Waals surface area contributed by atoms with Crippen LogP contribution in [0.2, 0.25) is 0 Å². The van der Waals surface area contributed by atoms with Crippen molar-refractivity contribution in [3.63, 3.8) is 0 Å². The number of fused-ring (bicyclic) bond motifs is 3. The van der Waals surface area contributed by atoms with E-state index in [-0.39, 0.29) is 0 Å². The molecule has 0 aliphatic heterocycles. The van der Waals surface area contributed by atoms with E-state index < -0.39 is 5.60 Å². The van der Waals surface area contributed by atoms with E-state index in [0.717, 1.165) is 40.9 Å². The predicted molar refractivity (Wildman–Crippen MR) is 94.2 cm³/mol. The lowest BCUT2D eigenvalue weighted by molar-refractivity contribution is 0.0792. The van der Waals surface area contributed by atoms with Gasteiger partial charge in [-0.2, -0.15) is 0 Å². The number of aryl methyl sites for hydroxylation is 1. The molecule has 2 nitrogen and oxygen atoms in total. The fourth-order valence-corrected chi connectivity index (χ4v) is 3.46. The van der Waals surface area contributed by atoms with Crippen molar-refractivity contribution in [2.24, 2.45) is 0 Å². The number of benzene rings is 2. The predicted octanol–water partition coefficient (Wildman–Crippen LogP) is 5.29. The lowest BCUT2D eigenvalue weighted by atomic mass is 9.88. The number of allylic oxidation sites excluding steroid dienone is 1. The third-order valence-corrected chi connectivity index (χ3v) is 4.56. The van der Waals surface area contributed by atoms with Crippen LogP contribution in [-0.4, -0.2) is 5.11 Å². The van der Waals surface area contributed by atoms with Gasteiger partial charge in [0, 0.05) is 16.5 Å². The molecule has 0 atom stereocenters. The Morgan fingerprint density at radius 1 is 1.00 bits per heavy atom. The molecule has 2 heteroatoms. The molecule has 0 bridgehead atoms. The third-order valence-electron chi connectivity index (χ3n) is 4.56. The Labute approximate surface area is 136 Å². The molecule has 2 aromatic carbocycles. The van der Waals surface area contributed by atoms with Crippen LogP contribution in [0, 0.1) is 0 Å². The molecule has 0 amide bonds. The Kier molecular flexibility index (Phi) is 3.17. The maximum absolute atomic E-state index is 10.5. The first-order valence-electron chi connectivity index (χ1n) is 8.09. The normalized spacial score (nSPS) is 14.2. The zero-order valence-corrected chi connectivity index (χ0v) is 13.5. The number of hydrogen-bond donors (Lipinski definition) is 1. The summed E-state index contributed by atoms with van der Waals surface area (Å²) >= 11 is 0. The Bertz CT molecular complexity index is 907. The van der Waals surface area contributed by atoms with E-state index in [0.29, 0.717) is 0 Å². The molecule has 1 aromatic heterocycles. The third kappa shape index (κ3) is 2.30. The fraction of sp³-hybridized carbons (Fsp3) is 0.238. The van der Waals surface area contributed by atoms with Gasteiger partial charge in [0.25, 0.3) is 0 Å². The molecule has 3 aromatic rings. The summed E-state index contributed by atoms with van der Waals surface area (Å²) < 4.78 is 6.18. The number of hydrogen-bond acceptors (Lipinski definition) is 2. The molecule has 0 spiro atoms. The minimum absolute atomic E-state index is 0.898. The van der Waals surface area contributed by atoms with Gasteiger partial charge < -0.3 is 9.52 Å². The van der Waals surface area contributed by atoms with E-state index in [2.05, 4.69) is 36.4 Å². The van der Waals surface area contributed by atoms with Crippen molar-refractivity contribution in [3.8, 4) is 11.1 Å². The quantitative estimate of drug-likeness (QED) is 0.698. The van der Waals surface area contributed by atoms with Gasteiger partial charge in [0.05, 0.1) is 5.60 Å². The van der Waals surface area contributed by atoms with Gasteiger partial charge in [-0.1, -0.05) is 48.5 Å². The molecule has 0 unspecified atom stereocenters. The zero-order chi connectivity index (χ0) is 16.0. The molecule has 0 saturated heterocycles. The highest BCUT2D eigenvalue weighted by Crippen LogP contribution is 2.39. The summed E-state index contributed by atoms with van der Waals surface area (Å²) in [5.74, 6) is 0.972. The van der Waals surface area contributed by atoms with Crippen LogP contribution in [0.4, 0.5) is 0 Å². The first kappa shape index (κ1) is 14.3. The summed E-state index contributed by atoms with van der Waals surface area (Å²) in [6.07, 6.45) is 6.32. The Morgan fingerprint density at radius 2 is 1.78 bits per heavy atom. The number of aliphatic hydroxyl groups is 1. The standard InChI is InChI=1S/C21H20O2/c1-21(2,22)18-12-5-3-8-14(18)16-10-7-11-17-15-9-4-6-13-19(15)23-20(16)17/h3,5-8,10-13,22H,4,9H2,1-2H3. The topological polar surface area (TPSA) is 33.4 Å². The van der Waals surface area contributed by atoms with Gasteiger partial charge >= 0.3 is 0 Å². The van der Waals surface area contributed by atoms with Crippen molar-refractivity contribution in [2.45, 2.75) is 32.3 Å². The first-order valence-corrected chi connectivity index (χ1v) is 8.09. The highest BCUT2D eigenvalue weighted by atomic mass is 16.3. The molecule has 23 heavy (non-hydrogen) atoms. The second-order valence-corrected chi connectivity index (χ2v) is 6.67. The van der Waals surface area contributed by atoms with Crippen LogP contribution in [-0.2, 0) is 12.0 Å². The van der Waals surface area contributed by atoms with Crippen LogP contribution in [0.25, 0.3) is 28.2 Å². The van der Waals surface area contributed by atoms with Crippen molar-refractivity contribution < 1.29 is 9.52 Å². The fourth-order valence-electron chi connectivity index (χ4n) is 3.46. The molecule has 116 valence electrons. The summed E-state index contributed by atoms with van der Waals surface area (Å²) in [7, 11) is 0. The van der Waals surface area contributed by atoms with Gasteiger partial charge in [-0.25, -0.2) is 0 Å². The van der Waals surface area contributed by atoms with Crippen molar-refractivity contribution >= 4 is 17.0 Å². The Balaban J connectivity index is 2.01. The summed E-state index contributed by atoms with van der Waals surface area (Å²) in [4.78, 5) is 0. The first-order chi connectivity index (χ1) is 11.1. The second kappa shape index (κ2) is 5.10. The van der Waals surface area contributed by atoms with Gasteiger partial charge in [0.2, 0.25) is 0 Å². The molecule has 0 radical (unpaired) electrons. The highest BCUT2D eigenvalue weighted by Gasteiger charge is 2.23. The lowest BCUT2D eigenvalue weighted by Crippen LogP contribution is -2.16. The molecule has 0 saturated carbocycles. The van der Waals surface area contributed by atoms with Gasteiger partial charge in [-0.15, -0.1) is 0 Å². The molecule has 4 rings (SSSR count). The Morgan fingerprint density at radius 3 is 2.61 bits per heavy atom. The summed E-state index contributed by atoms with van der Waals surface area (Å²) in [5.41, 5.74) is 4.30. The Hall–Kier alpha value is -2.32. The van der Waals surface area contributed by atoms with E-state index >= 15 is 0 Å². The summed E-state index contributed by atoms with van der Waals surface area (Å²) in [6.45, 7) is 3.64. The van der Waals surface area contributed by atoms with E-state index in [1.807, 2.05) is 32.0 Å². The number of furan rings is 1. The molecule has 0 fully saturated rings. The van der Waals surface area contributed by atoms with E-state index in [1.54, 1.807) is 0 Å². The smallest absolute Gasteiger partial charge is 0.142 e. The van der Waals surface area contributed by atoms with Gasteiger partial charge in [0.15, 0.2) is 0 Å². The molecule has 1 heterocycles. The summed E-state index contributed by atoms with van der Waals surface area (Å²) in [6, 6.07) is 14.3. The molecule has 1 aliphatic rings. The minimum atomic E-state index is -0.898. The largest absolute Gasteiger partial charge is 0.456 e. The SMILES string of the molecule is CC(C)(O)c1ccccc1-c1cccc2c3c(oc12)C=CCC3. The molecular formula is C21H20O2. The van der Waals surface area contributed by atoms with Gasteiger partial charge in [-0.05, 0) is 43.9 Å². The van der Waals surface area contributed by atoms with Crippen molar-refractivity contribution in [1.29, 1.82) is 0 Å². The van der Waals surface area contributed by atoms with Crippen molar-refractivity contribution in [3.05, 3.63) is 65.4 Å². The maximum Gasteiger partial charge on any atom is 0.142 e. The average molecular weight is 304 g/mol. The monoisotopic (exact) mass is 304 g/mol. The van der Waals surface area contributed by atoms with Crippen molar-refractivity contribution in [1.82, 2.24) is 0 Å². The average Bonchev–Trinajstić information content (AvgIpc) is 2.93. The molecule has 1 N–H and O–H groups in total. The van der Waals surface area contributed by atoms with E-state index in [1.165, 1.54) is 10.9 Å². The number of rotatable bonds is 2. The zero-order valence-electron chi connectivity index (χ0n) is 13.5. The lowest BCUT2D eigenvalue weighted by Gasteiger charge is -2.21. The molecular weight excluding hydrogens is 284 g/mol. The van der Waals surface area contributed by atoms with Crippen LogP contribution in [0.5, 0.6) is 0 Å². The van der Waals surface area contributed by atoms with E-state index in [4.69, 9.17) is 4.42 Å². The van der Waals surface area contributed by atoms with Crippen LogP contribution in [0.3, 0.4) is 0 Å². The van der Waals surface area contributed by atoms with Gasteiger partial charge in [-0.3, -0.25) is 0 Å². The second-order valence-electron chi connectivity index (χ2n) is 6.67.